The maximum atomic E-state index is 13.6. The zero-order valence-electron chi connectivity index (χ0n) is 20.8. The van der Waals surface area contributed by atoms with E-state index in [1.54, 1.807) is 35.2 Å². The molecule has 2 heterocycles. The first kappa shape index (κ1) is 26.8. The van der Waals surface area contributed by atoms with Crippen LogP contribution in [0.25, 0.3) is 17.0 Å². The predicted octanol–water partition coefficient (Wildman–Crippen LogP) is 6.63. The number of H-pyrrole nitrogens is 1. The number of aliphatic imine (C=N–C) groups is 1. The summed E-state index contributed by atoms with van der Waals surface area (Å²) in [5.74, 6) is 0.218. The number of fused-ring (bicyclic) bond motifs is 1. The molecule has 1 fully saturated rings. The number of benzene rings is 3. The second kappa shape index (κ2) is 11.5. The smallest absolute Gasteiger partial charge is 0.269 e. The zero-order chi connectivity index (χ0) is 27.5. The highest BCUT2D eigenvalue weighted by Gasteiger charge is 2.33. The van der Waals surface area contributed by atoms with E-state index in [0.717, 1.165) is 16.5 Å². The number of halogens is 1. The molecule has 1 aromatic heterocycles. The lowest BCUT2D eigenvalue weighted by atomic mass is 10.1. The normalized spacial score (nSPS) is 15.5. The predicted molar refractivity (Wildman–Crippen MR) is 161 cm³/mol. The number of rotatable bonds is 8. The van der Waals surface area contributed by atoms with E-state index in [2.05, 4.69) is 9.98 Å². The van der Waals surface area contributed by atoms with Gasteiger partial charge in [-0.25, -0.2) is 4.99 Å². The number of nitrogens with one attached hydrogen (secondary N) is 1. The van der Waals surface area contributed by atoms with Crippen LogP contribution in [0.2, 0.25) is 0 Å². The third kappa shape index (κ3) is 5.78. The molecule has 5 rings (SSSR count). The highest BCUT2D eigenvalue weighted by Crippen LogP contribution is 2.38. The third-order valence-electron chi connectivity index (χ3n) is 6.10. The molecule has 0 bridgehead atoms. The fraction of sp³-hybridized carbons (Fsp3) is 0.143. The van der Waals surface area contributed by atoms with Gasteiger partial charge in [0.25, 0.3) is 11.6 Å². The van der Waals surface area contributed by atoms with Crippen molar-refractivity contribution in [3.63, 3.8) is 0 Å². The van der Waals surface area contributed by atoms with Gasteiger partial charge < -0.3 is 14.8 Å². The number of aromatic hydroxyl groups is 1. The summed E-state index contributed by atoms with van der Waals surface area (Å²) in [7, 11) is 0. The van der Waals surface area contributed by atoms with Gasteiger partial charge in [-0.2, -0.15) is 0 Å². The largest absolute Gasteiger partial charge is 0.504 e. The number of phenolic OH excluding ortho intramolecular Hbond substituents is 1. The minimum atomic E-state index is -0.464. The maximum absolute atomic E-state index is 13.6. The van der Waals surface area contributed by atoms with Gasteiger partial charge in [-0.1, -0.05) is 18.2 Å². The zero-order valence-corrected chi connectivity index (χ0v) is 23.7. The lowest BCUT2D eigenvalue weighted by Gasteiger charge is -2.15. The number of carbonyl (C=O) groups is 1. The summed E-state index contributed by atoms with van der Waals surface area (Å²) in [6.45, 7) is 2.62. The lowest BCUT2D eigenvalue weighted by Crippen LogP contribution is -2.31. The number of nitrogens with zero attached hydrogens (tertiary/aromatic N) is 3. The van der Waals surface area contributed by atoms with Gasteiger partial charge >= 0.3 is 0 Å². The molecule has 0 radical (unpaired) electrons. The third-order valence-corrected chi connectivity index (χ3v) is 7.93. The molecule has 11 heteroatoms. The van der Waals surface area contributed by atoms with E-state index in [0.29, 0.717) is 50.2 Å². The van der Waals surface area contributed by atoms with Crippen LogP contribution in [0, 0.1) is 13.7 Å². The Balaban J connectivity index is 1.48. The van der Waals surface area contributed by atoms with Crippen molar-refractivity contribution in [2.75, 3.05) is 13.2 Å². The summed E-state index contributed by atoms with van der Waals surface area (Å²) in [5, 5.41) is 22.9. The summed E-state index contributed by atoms with van der Waals surface area (Å²) in [6.07, 6.45) is 4.32. The second-order valence-corrected chi connectivity index (χ2v) is 10.8. The van der Waals surface area contributed by atoms with Crippen molar-refractivity contribution in [2.45, 2.75) is 13.3 Å². The lowest BCUT2D eigenvalue weighted by molar-refractivity contribution is -0.384. The van der Waals surface area contributed by atoms with E-state index in [4.69, 9.17) is 4.74 Å². The van der Waals surface area contributed by atoms with E-state index in [-0.39, 0.29) is 17.3 Å². The molecule has 0 saturated carbocycles. The number of ether oxygens (including phenoxy) is 1. The van der Waals surface area contributed by atoms with E-state index in [1.165, 1.54) is 23.9 Å². The van der Waals surface area contributed by atoms with Crippen molar-refractivity contribution >= 4 is 73.8 Å². The standard InChI is InChI=1S/C28H23IN4O5S/c1-2-38-24-14-17(13-22(29)26(24)34)15-25-27(35)32(12-11-18-16-30-23-6-4-3-5-21(18)23)28(39-25)31-19-7-9-20(10-8-19)33(36)37/h3-10,13-16,30,34H,2,11-12H2,1H3/b25-15-,31-28?. The Bertz CT molecular complexity index is 1630. The van der Waals surface area contributed by atoms with Gasteiger partial charge in [0.15, 0.2) is 16.7 Å². The molecule has 2 N–H and O–H groups in total. The molecule has 198 valence electrons. The van der Waals surface area contributed by atoms with Gasteiger partial charge in [0.2, 0.25) is 0 Å². The van der Waals surface area contributed by atoms with Gasteiger partial charge in [-0.15, -0.1) is 0 Å². The molecule has 9 nitrogen and oxygen atoms in total. The number of para-hydroxylation sites is 1. The molecular formula is C28H23IN4O5S. The molecule has 1 aliphatic heterocycles. The summed E-state index contributed by atoms with van der Waals surface area (Å²) >= 11 is 3.26. The summed E-state index contributed by atoms with van der Waals surface area (Å²) in [5.41, 5.74) is 3.31. The number of nitro benzene ring substituents is 1. The Hall–Kier alpha value is -3.84. The van der Waals surface area contributed by atoms with Crippen molar-refractivity contribution in [3.05, 3.63) is 96.6 Å². The van der Waals surface area contributed by atoms with Gasteiger partial charge in [0, 0.05) is 35.8 Å². The molecule has 0 spiro atoms. The van der Waals surface area contributed by atoms with Crippen molar-refractivity contribution < 1.29 is 19.6 Å². The van der Waals surface area contributed by atoms with Crippen molar-refractivity contribution in [2.24, 2.45) is 4.99 Å². The molecule has 4 aromatic rings. The van der Waals surface area contributed by atoms with Gasteiger partial charge in [0.05, 0.1) is 25.7 Å². The summed E-state index contributed by atoms with van der Waals surface area (Å²) < 4.78 is 6.16. The molecule has 0 aliphatic carbocycles. The number of non-ortho nitro benzene ring substituents is 1. The highest BCUT2D eigenvalue weighted by molar-refractivity contribution is 14.1. The Morgan fingerprint density at radius 3 is 2.72 bits per heavy atom. The summed E-state index contributed by atoms with van der Waals surface area (Å²) in [4.78, 5) is 34.2. The fourth-order valence-corrected chi connectivity index (χ4v) is 5.86. The number of phenols is 1. The van der Waals surface area contributed by atoms with E-state index >= 15 is 0 Å². The quantitative estimate of drug-likeness (QED) is 0.0953. The van der Waals surface area contributed by atoms with Crippen LogP contribution in [-0.4, -0.2) is 44.1 Å². The van der Waals surface area contributed by atoms with Crippen LogP contribution in [0.1, 0.15) is 18.1 Å². The van der Waals surface area contributed by atoms with Crippen LogP contribution in [0.3, 0.4) is 0 Å². The van der Waals surface area contributed by atoms with Crippen LogP contribution in [-0.2, 0) is 11.2 Å². The van der Waals surface area contributed by atoms with Gasteiger partial charge in [0.1, 0.15) is 0 Å². The molecular weight excluding hydrogens is 631 g/mol. The van der Waals surface area contributed by atoms with Crippen molar-refractivity contribution in [1.82, 2.24) is 9.88 Å². The Kier molecular flexibility index (Phi) is 7.89. The number of aromatic amines is 1. The number of nitro groups is 1. The second-order valence-electron chi connectivity index (χ2n) is 8.63. The van der Waals surface area contributed by atoms with Crippen molar-refractivity contribution in [1.29, 1.82) is 0 Å². The van der Waals surface area contributed by atoms with Crippen LogP contribution in [0.5, 0.6) is 11.5 Å². The van der Waals surface area contributed by atoms with E-state index in [1.807, 2.05) is 60.0 Å². The number of amidine groups is 1. The molecule has 1 saturated heterocycles. The molecule has 1 amide bonds. The number of aromatic nitrogens is 1. The summed E-state index contributed by atoms with van der Waals surface area (Å²) in [6, 6.07) is 17.4. The van der Waals surface area contributed by atoms with Gasteiger partial charge in [-0.05, 0) is 95.2 Å². The number of amides is 1. The first-order valence-electron chi connectivity index (χ1n) is 12.1. The molecule has 0 unspecified atom stereocenters. The van der Waals surface area contributed by atoms with E-state index in [9.17, 15) is 20.0 Å². The minimum Gasteiger partial charge on any atom is -0.504 e. The van der Waals surface area contributed by atoms with Crippen LogP contribution >= 0.6 is 34.4 Å². The van der Waals surface area contributed by atoms with Crippen molar-refractivity contribution in [3.8, 4) is 11.5 Å². The van der Waals surface area contributed by atoms with Crippen LogP contribution < -0.4 is 4.74 Å². The monoisotopic (exact) mass is 654 g/mol. The number of carbonyl (C=O) groups excluding carboxylic acids is 1. The fourth-order valence-electron chi connectivity index (χ4n) is 4.21. The number of hydrogen-bond acceptors (Lipinski definition) is 7. The SMILES string of the molecule is CCOc1cc(/C=C2\SC(=Nc3ccc([N+](=O)[O-])cc3)N(CCc3c[nH]c4ccccc34)C2=O)cc(I)c1O. The van der Waals surface area contributed by atoms with Crippen LogP contribution in [0.4, 0.5) is 11.4 Å². The Labute approximate surface area is 241 Å². The average molecular weight is 654 g/mol. The van der Waals surface area contributed by atoms with E-state index < -0.39 is 4.92 Å². The first-order valence-corrected chi connectivity index (χ1v) is 14.0. The first-order chi connectivity index (χ1) is 18.8. The molecule has 1 aliphatic rings. The minimum absolute atomic E-state index is 0.0297. The van der Waals surface area contributed by atoms with Gasteiger partial charge in [-0.3, -0.25) is 19.8 Å². The Morgan fingerprint density at radius 1 is 1.21 bits per heavy atom. The average Bonchev–Trinajstić information content (AvgIpc) is 3.46. The Morgan fingerprint density at radius 2 is 1.97 bits per heavy atom. The van der Waals surface area contributed by atoms with Crippen LogP contribution in [0.15, 0.2) is 76.8 Å². The topological polar surface area (TPSA) is 121 Å². The molecule has 0 atom stereocenters. The number of hydrogen-bond donors (Lipinski definition) is 2. The maximum Gasteiger partial charge on any atom is 0.269 e. The molecule has 3 aromatic carbocycles. The molecule has 39 heavy (non-hydrogen) atoms. The highest BCUT2D eigenvalue weighted by atomic mass is 127. The number of thioether (sulfide) groups is 1.